The van der Waals surface area contributed by atoms with Crippen molar-refractivity contribution in [2.24, 2.45) is 5.41 Å². The molecule has 0 saturated heterocycles. The number of alkyl halides is 3. The van der Waals surface area contributed by atoms with Gasteiger partial charge in [-0.3, -0.25) is 14.5 Å². The van der Waals surface area contributed by atoms with Gasteiger partial charge in [-0.1, -0.05) is 26.8 Å². The lowest BCUT2D eigenvalue weighted by Gasteiger charge is -2.23. The summed E-state index contributed by atoms with van der Waals surface area (Å²) in [6.45, 7) is 3.65. The Morgan fingerprint density at radius 1 is 1.22 bits per heavy atom. The topological polar surface area (TPSA) is 62.3 Å². The van der Waals surface area contributed by atoms with Gasteiger partial charge in [0, 0.05) is 24.6 Å². The first-order chi connectivity index (χ1) is 10.5. The Morgan fingerprint density at radius 3 is 2.35 bits per heavy atom. The lowest BCUT2D eigenvalue weighted by Crippen LogP contribution is -2.42. The van der Waals surface area contributed by atoms with Crippen LogP contribution in [0.3, 0.4) is 0 Å². The number of hydrogen-bond donors (Lipinski definition) is 1. The highest BCUT2D eigenvalue weighted by molar-refractivity contribution is 5.93. The lowest BCUT2D eigenvalue weighted by molar-refractivity contribution is -0.133. The summed E-state index contributed by atoms with van der Waals surface area (Å²) in [6, 6.07) is 4.38. The third kappa shape index (κ3) is 6.66. The first-order valence-corrected chi connectivity index (χ1v) is 7.07. The molecule has 0 aliphatic rings. The van der Waals surface area contributed by atoms with Crippen molar-refractivity contribution in [3.63, 3.8) is 0 Å². The number of aromatic nitrogens is 1. The maximum Gasteiger partial charge on any atom is 0.406 e. The number of pyridine rings is 1. The Hall–Kier alpha value is -2.12. The van der Waals surface area contributed by atoms with Crippen LogP contribution in [0.1, 0.15) is 27.2 Å². The molecule has 1 rings (SSSR count). The largest absolute Gasteiger partial charge is 0.406 e. The number of nitrogens with zero attached hydrogens (tertiary/aromatic N) is 2. The molecule has 8 heteroatoms. The van der Waals surface area contributed by atoms with Gasteiger partial charge in [0.15, 0.2) is 0 Å². The van der Waals surface area contributed by atoms with Crippen LogP contribution in [0, 0.1) is 5.41 Å². The van der Waals surface area contributed by atoms with Gasteiger partial charge in [-0.25, -0.2) is 4.98 Å². The Kier molecular flexibility index (Phi) is 6.12. The van der Waals surface area contributed by atoms with Crippen molar-refractivity contribution in [3.8, 4) is 0 Å². The van der Waals surface area contributed by atoms with E-state index in [-0.39, 0.29) is 24.7 Å². The Balaban J connectivity index is 2.72. The molecular formula is C15H20F3N3O2. The van der Waals surface area contributed by atoms with Crippen LogP contribution in [-0.4, -0.2) is 36.1 Å². The van der Waals surface area contributed by atoms with E-state index < -0.39 is 24.0 Å². The predicted molar refractivity (Wildman–Crippen MR) is 79.7 cm³/mol. The molecule has 0 aromatic carbocycles. The molecule has 0 saturated carbocycles. The molecule has 0 fully saturated rings. The van der Waals surface area contributed by atoms with Gasteiger partial charge >= 0.3 is 6.18 Å². The summed E-state index contributed by atoms with van der Waals surface area (Å²) in [4.78, 5) is 28.1. The lowest BCUT2D eigenvalue weighted by atomic mass is 9.96. The maximum absolute atomic E-state index is 12.7. The summed E-state index contributed by atoms with van der Waals surface area (Å²) in [7, 11) is 0. The second kappa shape index (κ2) is 7.43. The molecule has 2 amide bonds. The summed E-state index contributed by atoms with van der Waals surface area (Å²) >= 11 is 0. The summed E-state index contributed by atoms with van der Waals surface area (Å²) in [5.74, 6) is -1.10. The smallest absolute Gasteiger partial charge is 0.355 e. The predicted octanol–water partition coefficient (Wildman–Crippen LogP) is 2.53. The van der Waals surface area contributed by atoms with E-state index in [0.717, 1.165) is 0 Å². The first kappa shape index (κ1) is 18.9. The van der Waals surface area contributed by atoms with E-state index in [1.165, 1.54) is 18.3 Å². The van der Waals surface area contributed by atoms with Crippen molar-refractivity contribution in [1.82, 2.24) is 10.3 Å². The van der Waals surface area contributed by atoms with E-state index in [1.54, 1.807) is 26.8 Å². The van der Waals surface area contributed by atoms with E-state index in [0.29, 0.717) is 4.90 Å². The van der Waals surface area contributed by atoms with Gasteiger partial charge < -0.3 is 5.32 Å². The average molecular weight is 331 g/mol. The quantitative estimate of drug-likeness (QED) is 0.902. The van der Waals surface area contributed by atoms with Gasteiger partial charge in [-0.05, 0) is 12.1 Å². The molecule has 1 N–H and O–H groups in total. The van der Waals surface area contributed by atoms with E-state index in [2.05, 4.69) is 10.3 Å². The second-order valence-corrected chi connectivity index (χ2v) is 6.04. The molecule has 0 spiro atoms. The highest BCUT2D eigenvalue weighted by atomic mass is 19.4. The molecule has 128 valence electrons. The van der Waals surface area contributed by atoms with Crippen LogP contribution in [0.5, 0.6) is 0 Å². The van der Waals surface area contributed by atoms with Crippen LogP contribution in [0.4, 0.5) is 19.0 Å². The Bertz CT molecular complexity index is 539. The van der Waals surface area contributed by atoms with E-state index in [4.69, 9.17) is 0 Å². The molecule has 1 aromatic rings. The number of amides is 2. The Labute approximate surface area is 132 Å². The minimum atomic E-state index is -4.54. The van der Waals surface area contributed by atoms with E-state index in [1.807, 2.05) is 0 Å². The van der Waals surface area contributed by atoms with Crippen molar-refractivity contribution >= 4 is 17.6 Å². The Morgan fingerprint density at radius 2 is 1.87 bits per heavy atom. The van der Waals surface area contributed by atoms with E-state index in [9.17, 15) is 22.8 Å². The van der Waals surface area contributed by atoms with Gasteiger partial charge in [-0.2, -0.15) is 13.2 Å². The van der Waals surface area contributed by atoms with Gasteiger partial charge in [-0.15, -0.1) is 0 Å². The molecule has 0 radical (unpaired) electrons. The molecule has 0 aliphatic carbocycles. The van der Waals surface area contributed by atoms with Crippen LogP contribution in [0.15, 0.2) is 24.4 Å². The van der Waals surface area contributed by atoms with Crippen LogP contribution in [-0.2, 0) is 9.59 Å². The summed E-state index contributed by atoms with van der Waals surface area (Å²) < 4.78 is 38.0. The molecule has 23 heavy (non-hydrogen) atoms. The summed E-state index contributed by atoms with van der Waals surface area (Å²) in [5, 5.41) is 2.53. The molecule has 0 aliphatic heterocycles. The zero-order valence-corrected chi connectivity index (χ0v) is 13.3. The second-order valence-electron chi connectivity index (χ2n) is 6.04. The first-order valence-electron chi connectivity index (χ1n) is 7.07. The van der Waals surface area contributed by atoms with Crippen LogP contribution in [0.2, 0.25) is 0 Å². The van der Waals surface area contributed by atoms with Crippen molar-refractivity contribution in [2.45, 2.75) is 33.4 Å². The maximum atomic E-state index is 12.7. The van der Waals surface area contributed by atoms with Gasteiger partial charge in [0.25, 0.3) is 0 Å². The average Bonchev–Trinajstić information content (AvgIpc) is 2.43. The summed E-state index contributed by atoms with van der Waals surface area (Å²) in [5.41, 5.74) is -0.629. The number of carbonyl (C=O) groups excluding carboxylic acids is 2. The van der Waals surface area contributed by atoms with Crippen molar-refractivity contribution in [1.29, 1.82) is 0 Å². The van der Waals surface area contributed by atoms with Crippen molar-refractivity contribution in [3.05, 3.63) is 24.4 Å². The highest BCUT2D eigenvalue weighted by Crippen LogP contribution is 2.21. The number of nitrogens with one attached hydrogen (secondary N) is 1. The number of hydrogen-bond acceptors (Lipinski definition) is 3. The van der Waals surface area contributed by atoms with Gasteiger partial charge in [0.1, 0.15) is 12.4 Å². The number of carbonyl (C=O) groups is 2. The number of halogens is 3. The SMILES string of the molecule is CC(C)(C)C(=O)NCCC(=O)N(CC(F)(F)F)c1ccccn1. The van der Waals surface area contributed by atoms with Gasteiger partial charge in [0.05, 0.1) is 0 Å². The van der Waals surface area contributed by atoms with E-state index >= 15 is 0 Å². The molecule has 5 nitrogen and oxygen atoms in total. The third-order valence-electron chi connectivity index (χ3n) is 2.87. The fourth-order valence-electron chi connectivity index (χ4n) is 1.67. The highest BCUT2D eigenvalue weighted by Gasteiger charge is 2.34. The van der Waals surface area contributed by atoms with Crippen LogP contribution in [0.25, 0.3) is 0 Å². The van der Waals surface area contributed by atoms with Gasteiger partial charge in [0.2, 0.25) is 11.8 Å². The third-order valence-corrected chi connectivity index (χ3v) is 2.87. The number of rotatable bonds is 5. The van der Waals surface area contributed by atoms with Crippen LogP contribution >= 0.6 is 0 Å². The molecule has 0 bridgehead atoms. The fourth-order valence-corrected chi connectivity index (χ4v) is 1.67. The molecular weight excluding hydrogens is 311 g/mol. The van der Waals surface area contributed by atoms with Crippen molar-refractivity contribution in [2.75, 3.05) is 18.0 Å². The molecule has 1 heterocycles. The normalized spacial score (nSPS) is 11.9. The molecule has 0 unspecified atom stereocenters. The van der Waals surface area contributed by atoms with Crippen LogP contribution < -0.4 is 10.2 Å². The number of anilines is 1. The van der Waals surface area contributed by atoms with Crippen molar-refractivity contribution < 1.29 is 22.8 Å². The molecule has 0 atom stereocenters. The fraction of sp³-hybridized carbons (Fsp3) is 0.533. The zero-order chi connectivity index (χ0) is 17.7. The molecule has 1 aromatic heterocycles. The minimum Gasteiger partial charge on any atom is -0.355 e. The monoisotopic (exact) mass is 331 g/mol. The standard InChI is InChI=1S/C15H20F3N3O2/c1-14(2,3)13(23)20-9-7-12(22)21(10-15(16,17)18)11-6-4-5-8-19-11/h4-6,8H,7,9-10H2,1-3H3,(H,20,23). The summed E-state index contributed by atoms with van der Waals surface area (Å²) in [6.07, 6.45) is -3.47. The minimum absolute atomic E-state index is 0.0316. The zero-order valence-electron chi connectivity index (χ0n) is 13.3.